The highest BCUT2D eigenvalue weighted by Crippen LogP contribution is 2.20. The minimum atomic E-state index is -1.83. The van der Waals surface area contributed by atoms with Gasteiger partial charge in [-0.25, -0.2) is 4.79 Å². The Bertz CT molecular complexity index is 2170. The minimum absolute atomic E-state index is 0.0212. The Morgan fingerprint density at radius 2 is 1.24 bits per heavy atom. The third kappa shape index (κ3) is 20.0. The second-order valence-electron chi connectivity index (χ2n) is 19.2. The van der Waals surface area contributed by atoms with E-state index in [4.69, 9.17) is 5.73 Å². The number of carboxylic acid groups (broad SMARTS) is 2. The first-order valence-corrected chi connectivity index (χ1v) is 25.0. The van der Waals surface area contributed by atoms with Gasteiger partial charge in [0, 0.05) is 13.0 Å². The first-order valence-electron chi connectivity index (χ1n) is 25.0. The summed E-state index contributed by atoms with van der Waals surface area (Å²) in [4.78, 5) is 146. The molecular formula is C48H75N11O16. The number of aliphatic carboxylic acids is 2. The van der Waals surface area contributed by atoms with Crippen molar-refractivity contribution in [3.05, 3.63) is 29.8 Å². The van der Waals surface area contributed by atoms with E-state index in [-0.39, 0.29) is 56.9 Å². The minimum Gasteiger partial charge on any atom is -0.508 e. The molecule has 2 aliphatic rings. The van der Waals surface area contributed by atoms with Crippen molar-refractivity contribution >= 4 is 65.1 Å². The van der Waals surface area contributed by atoms with Crippen LogP contribution in [0.1, 0.15) is 98.0 Å². The number of aromatic hydroxyl groups is 1. The summed E-state index contributed by atoms with van der Waals surface area (Å²) >= 11 is 0. The number of benzene rings is 1. The zero-order chi connectivity index (χ0) is 56.1. The summed E-state index contributed by atoms with van der Waals surface area (Å²) < 4.78 is 0. The lowest BCUT2D eigenvalue weighted by Crippen LogP contribution is -2.61. The molecule has 1 aromatic rings. The normalized spacial score (nSPS) is 18.8. The number of phenols is 1. The summed E-state index contributed by atoms with van der Waals surface area (Å²) in [5.74, 6) is -11.0. The Morgan fingerprint density at radius 3 is 1.80 bits per heavy atom. The van der Waals surface area contributed by atoms with E-state index in [0.717, 1.165) is 11.3 Å². The number of nitrogens with one attached hydrogen (secondary N) is 9. The highest BCUT2D eigenvalue weighted by atomic mass is 16.4. The van der Waals surface area contributed by atoms with Crippen LogP contribution in [0.25, 0.3) is 0 Å². The van der Waals surface area contributed by atoms with Crippen molar-refractivity contribution in [2.24, 2.45) is 11.7 Å². The summed E-state index contributed by atoms with van der Waals surface area (Å²) in [6, 6.07) is -7.73. The van der Waals surface area contributed by atoms with E-state index in [1.165, 1.54) is 45.0 Å². The van der Waals surface area contributed by atoms with E-state index >= 15 is 0 Å². The number of hydrogen-bond donors (Lipinski definition) is 15. The number of carbonyl (C=O) groups excluding carboxylic acids is 9. The molecule has 11 atom stereocenters. The van der Waals surface area contributed by atoms with Gasteiger partial charge in [0.15, 0.2) is 0 Å². The number of rotatable bonds is 30. The van der Waals surface area contributed by atoms with Gasteiger partial charge in [-0.3, -0.25) is 47.9 Å². The molecule has 0 aliphatic carbocycles. The second-order valence-corrected chi connectivity index (χ2v) is 19.2. The van der Waals surface area contributed by atoms with E-state index in [0.29, 0.717) is 31.4 Å². The summed E-state index contributed by atoms with van der Waals surface area (Å²) in [6.45, 7) is 7.37. The molecule has 27 heteroatoms. The summed E-state index contributed by atoms with van der Waals surface area (Å²) in [5.41, 5.74) is 6.07. The fourth-order valence-corrected chi connectivity index (χ4v) is 8.33. The van der Waals surface area contributed by atoms with Gasteiger partial charge in [-0.05, 0) is 109 Å². The Balaban J connectivity index is 1.72. The van der Waals surface area contributed by atoms with Gasteiger partial charge >= 0.3 is 11.9 Å². The number of aliphatic hydroxyl groups excluding tert-OH is 2. The Kier molecular flexibility index (Phi) is 25.3. The predicted molar refractivity (Wildman–Crippen MR) is 265 cm³/mol. The molecule has 27 nitrogen and oxygen atoms in total. The molecule has 2 saturated heterocycles. The van der Waals surface area contributed by atoms with Gasteiger partial charge in [0.2, 0.25) is 53.2 Å². The van der Waals surface area contributed by atoms with E-state index in [2.05, 4.69) is 47.9 Å². The van der Waals surface area contributed by atoms with Crippen molar-refractivity contribution < 1.29 is 78.3 Å². The van der Waals surface area contributed by atoms with Gasteiger partial charge in [-0.2, -0.15) is 0 Å². The van der Waals surface area contributed by atoms with Gasteiger partial charge in [0.05, 0.1) is 25.2 Å². The van der Waals surface area contributed by atoms with Crippen LogP contribution in [0.5, 0.6) is 5.75 Å². The molecule has 0 radical (unpaired) electrons. The monoisotopic (exact) mass is 1060 g/mol. The maximum absolute atomic E-state index is 14.1. The van der Waals surface area contributed by atoms with Gasteiger partial charge < -0.3 is 84.0 Å². The van der Waals surface area contributed by atoms with E-state index in [9.17, 15) is 78.3 Å². The maximum Gasteiger partial charge on any atom is 0.326 e. The fourth-order valence-electron chi connectivity index (χ4n) is 8.33. The van der Waals surface area contributed by atoms with Crippen molar-refractivity contribution in [2.45, 2.75) is 165 Å². The van der Waals surface area contributed by atoms with Crippen LogP contribution in [-0.2, 0) is 59.2 Å². The van der Waals surface area contributed by atoms with Crippen LogP contribution >= 0.6 is 0 Å². The number of hydrogen-bond acceptors (Lipinski definition) is 16. The van der Waals surface area contributed by atoms with Crippen LogP contribution in [0.2, 0.25) is 0 Å². The van der Waals surface area contributed by atoms with E-state index in [1.54, 1.807) is 13.8 Å². The molecule has 75 heavy (non-hydrogen) atoms. The lowest BCUT2D eigenvalue weighted by Gasteiger charge is -2.30. The lowest BCUT2D eigenvalue weighted by atomic mass is 10.00. The summed E-state index contributed by atoms with van der Waals surface area (Å²) in [6.07, 6.45) is -0.104. The molecular weight excluding hydrogens is 987 g/mol. The largest absolute Gasteiger partial charge is 0.508 e. The number of likely N-dealkylation sites (tertiary alicyclic amines) is 1. The molecule has 9 amide bonds. The van der Waals surface area contributed by atoms with Crippen molar-refractivity contribution in [1.29, 1.82) is 0 Å². The number of unbranched alkanes of at least 4 members (excludes halogenated alkanes) is 1. The number of aliphatic hydroxyl groups is 2. The molecule has 0 unspecified atom stereocenters. The van der Waals surface area contributed by atoms with Crippen molar-refractivity contribution in [2.75, 3.05) is 26.2 Å². The third-order valence-electron chi connectivity index (χ3n) is 12.5. The van der Waals surface area contributed by atoms with Crippen molar-refractivity contribution in [3.63, 3.8) is 0 Å². The molecule has 0 saturated carbocycles. The molecule has 0 spiro atoms. The molecule has 418 valence electrons. The zero-order valence-electron chi connectivity index (χ0n) is 42.9. The van der Waals surface area contributed by atoms with Crippen LogP contribution < -0.4 is 53.6 Å². The Morgan fingerprint density at radius 1 is 0.667 bits per heavy atom. The van der Waals surface area contributed by atoms with Gasteiger partial charge in [0.25, 0.3) is 0 Å². The third-order valence-corrected chi connectivity index (χ3v) is 12.5. The van der Waals surface area contributed by atoms with Gasteiger partial charge in [0.1, 0.15) is 60.1 Å². The van der Waals surface area contributed by atoms with E-state index in [1.807, 2.05) is 0 Å². The average Bonchev–Trinajstić information content (AvgIpc) is 4.08. The van der Waals surface area contributed by atoms with E-state index < -0.39 is 145 Å². The Labute approximate surface area is 434 Å². The van der Waals surface area contributed by atoms with Gasteiger partial charge in [-0.1, -0.05) is 26.0 Å². The lowest BCUT2D eigenvalue weighted by molar-refractivity contribution is -0.147. The molecule has 16 N–H and O–H groups in total. The van der Waals surface area contributed by atoms with Crippen molar-refractivity contribution in [1.82, 2.24) is 52.8 Å². The summed E-state index contributed by atoms with van der Waals surface area (Å²) in [5, 5.41) is 71.7. The smallest absolute Gasteiger partial charge is 0.326 e. The predicted octanol–water partition coefficient (Wildman–Crippen LogP) is -4.30. The highest BCUT2D eigenvalue weighted by Gasteiger charge is 2.40. The zero-order valence-corrected chi connectivity index (χ0v) is 42.9. The highest BCUT2D eigenvalue weighted by molar-refractivity contribution is 5.99. The molecule has 0 bridgehead atoms. The maximum atomic E-state index is 14.1. The van der Waals surface area contributed by atoms with Crippen LogP contribution in [0, 0.1) is 5.92 Å². The number of amides is 9. The van der Waals surface area contributed by atoms with Crippen LogP contribution in [0.15, 0.2) is 24.3 Å². The number of carbonyl (C=O) groups is 11. The number of carboxylic acids is 2. The number of nitrogens with two attached hydrogens (primary N) is 1. The molecule has 2 aliphatic heterocycles. The SMILES string of the molecule is CC(C)C[C@H](NC(=O)[C@H](C)NC(=O)[C@@H]1CCCN1C(=O)[C@H](CO)NC(=O)[C@H](C)NC(=O)[C@@H](NC(=O)[C@@H]1CCCN1)[C@@H](C)O)C(=O)N[C@@H](Cc1ccc(O)cc1)C(=O)N[C@@H](CCCCN)C(=O)N[C@@H](CC(=O)O)C(=O)O. The first kappa shape index (κ1) is 62.3. The van der Waals surface area contributed by atoms with Gasteiger partial charge in [-0.15, -0.1) is 0 Å². The quantitative estimate of drug-likeness (QED) is 0.0324. The first-order chi connectivity index (χ1) is 35.4. The Hall–Kier alpha value is -6.97. The van der Waals surface area contributed by atoms with Crippen LogP contribution in [0.3, 0.4) is 0 Å². The number of nitrogens with zero attached hydrogens (tertiary/aromatic N) is 1. The van der Waals surface area contributed by atoms with Crippen molar-refractivity contribution in [3.8, 4) is 5.75 Å². The molecule has 0 aromatic heterocycles. The summed E-state index contributed by atoms with van der Waals surface area (Å²) in [7, 11) is 0. The second kappa shape index (κ2) is 30.4. The molecule has 3 rings (SSSR count). The standard InChI is InChI=1S/C48H75N11O16/c1-24(2)20-32(43(69)55-33(21-28-13-15-29(62)16-14-28)44(70)53-31(10-6-7-17-49)42(68)56-34(48(74)75)22-37(63)64)54-39(65)25(3)51-45(71)36-12-9-19-59(36)47(73)35(23-60)57-40(66)26(4)52-46(72)38(27(5)61)58-41(67)30-11-8-18-50-30/h13-16,24-27,30-36,38,50,60-62H,6-12,17-23,49H2,1-5H3,(H,51,71)(H,52,72)(H,53,70)(H,54,65)(H,55,69)(H,56,68)(H,57,66)(H,58,67)(H,63,64)(H,74,75)/t25-,26-,27+,30-,31-,32-,33-,34-,35-,36-,38-/m0/s1. The fraction of sp³-hybridized carbons (Fsp3) is 0.646. The number of phenolic OH excluding ortho intramolecular Hbond substituents is 1. The molecule has 2 fully saturated rings. The topological polar surface area (TPSA) is 426 Å². The van der Waals surface area contributed by atoms with Crippen LogP contribution in [-0.4, -0.2) is 188 Å². The average molecular weight is 1060 g/mol. The molecule has 2 heterocycles. The van der Waals surface area contributed by atoms with Crippen LogP contribution in [0.4, 0.5) is 0 Å². The molecule has 1 aromatic carbocycles.